The highest BCUT2D eigenvalue weighted by molar-refractivity contribution is 6.00. The summed E-state index contributed by atoms with van der Waals surface area (Å²) < 4.78 is 42.9. The van der Waals surface area contributed by atoms with Crippen molar-refractivity contribution in [3.63, 3.8) is 0 Å². The van der Waals surface area contributed by atoms with Gasteiger partial charge in [-0.2, -0.15) is 18.3 Å². The van der Waals surface area contributed by atoms with Crippen molar-refractivity contribution in [2.75, 3.05) is 45.9 Å². The van der Waals surface area contributed by atoms with Gasteiger partial charge in [-0.25, -0.2) is 4.68 Å². The molecule has 4 rings (SSSR count). The number of rotatable bonds is 8. The number of carbonyl (C=O) groups is 1. The van der Waals surface area contributed by atoms with Crippen LogP contribution < -0.4 is 0 Å². The fourth-order valence-corrected chi connectivity index (χ4v) is 3.98. The third kappa shape index (κ3) is 6.24. The van der Waals surface area contributed by atoms with Crippen LogP contribution in [0.25, 0.3) is 16.9 Å². The first kappa shape index (κ1) is 24.0. The number of nitrogens with zero attached hydrogens (tertiary/aromatic N) is 4. The van der Waals surface area contributed by atoms with Gasteiger partial charge in [-0.1, -0.05) is 48.5 Å². The van der Waals surface area contributed by atoms with Crippen LogP contribution in [0, 0.1) is 0 Å². The lowest BCUT2D eigenvalue weighted by Crippen LogP contribution is -2.49. The number of aromatic nitrogens is 2. The van der Waals surface area contributed by atoms with Gasteiger partial charge in [0, 0.05) is 51.1 Å². The van der Waals surface area contributed by atoms with Crippen molar-refractivity contribution < 1.29 is 22.7 Å². The summed E-state index contributed by atoms with van der Waals surface area (Å²) in [5.74, 6) is -0.0748. The summed E-state index contributed by atoms with van der Waals surface area (Å²) in [5, 5.41) is 4.72. The van der Waals surface area contributed by atoms with Crippen molar-refractivity contribution in [3.8, 4) is 16.9 Å². The topological polar surface area (TPSA) is 50.6 Å². The number of halogens is 3. The predicted octanol–water partition coefficient (Wildman–Crippen LogP) is 4.27. The summed E-state index contributed by atoms with van der Waals surface area (Å²) in [5.41, 5.74) is 2.93. The maximum absolute atomic E-state index is 13.5. The lowest BCUT2D eigenvalue weighted by atomic mass is 10.1. The molecule has 1 amide bonds. The van der Waals surface area contributed by atoms with E-state index in [1.807, 2.05) is 65.6 Å². The second-order valence-electron chi connectivity index (χ2n) is 8.19. The van der Waals surface area contributed by atoms with E-state index in [1.54, 1.807) is 10.9 Å². The summed E-state index contributed by atoms with van der Waals surface area (Å²) in [6.07, 6.45) is -1.99. The largest absolute Gasteiger partial charge is 0.411 e. The predicted molar refractivity (Wildman–Crippen MR) is 123 cm³/mol. The van der Waals surface area contributed by atoms with E-state index in [2.05, 4.69) is 9.64 Å². The molecule has 1 aliphatic rings. The second-order valence-corrected chi connectivity index (χ2v) is 8.19. The molecular weight excluding hydrogens is 445 g/mol. The number of ether oxygens (including phenoxy) is 1. The third-order valence-electron chi connectivity index (χ3n) is 5.70. The van der Waals surface area contributed by atoms with E-state index in [9.17, 15) is 18.0 Å². The molecule has 1 fully saturated rings. The van der Waals surface area contributed by atoms with Crippen LogP contribution in [0.1, 0.15) is 16.8 Å². The summed E-state index contributed by atoms with van der Waals surface area (Å²) in [7, 11) is 0. The molecule has 2 heterocycles. The molecule has 3 aromatic rings. The maximum Gasteiger partial charge on any atom is 0.411 e. The van der Waals surface area contributed by atoms with Crippen molar-refractivity contribution in [3.05, 3.63) is 72.4 Å². The number of carbonyl (C=O) groups excluding carboxylic acids is 1. The van der Waals surface area contributed by atoms with Crippen molar-refractivity contribution in [1.29, 1.82) is 0 Å². The minimum absolute atomic E-state index is 0.0672. The third-order valence-corrected chi connectivity index (χ3v) is 5.70. The first-order valence-corrected chi connectivity index (χ1v) is 11.3. The number of alkyl halides is 3. The molecule has 1 aliphatic heterocycles. The van der Waals surface area contributed by atoms with E-state index in [1.165, 1.54) is 0 Å². The Hall–Kier alpha value is -3.17. The number of hydrogen-bond acceptors (Lipinski definition) is 4. The molecule has 0 unspecified atom stereocenters. The zero-order valence-corrected chi connectivity index (χ0v) is 18.7. The van der Waals surface area contributed by atoms with Crippen LogP contribution in [0.5, 0.6) is 0 Å². The Morgan fingerprint density at radius 3 is 2.24 bits per heavy atom. The summed E-state index contributed by atoms with van der Waals surface area (Å²) in [6, 6.07) is 19.3. The zero-order valence-electron chi connectivity index (χ0n) is 18.7. The van der Waals surface area contributed by atoms with Crippen LogP contribution in [0.2, 0.25) is 0 Å². The average molecular weight is 473 g/mol. The molecule has 0 atom stereocenters. The molecule has 0 saturated carbocycles. The summed E-state index contributed by atoms with van der Waals surface area (Å²) in [4.78, 5) is 17.4. The lowest BCUT2D eigenvalue weighted by molar-refractivity contribution is -0.174. The number of para-hydroxylation sites is 1. The molecule has 9 heteroatoms. The molecule has 1 saturated heterocycles. The normalized spacial score (nSPS) is 15.0. The number of piperazine rings is 1. The van der Waals surface area contributed by atoms with Crippen LogP contribution in [-0.2, 0) is 4.74 Å². The Morgan fingerprint density at radius 1 is 0.941 bits per heavy atom. The first-order valence-electron chi connectivity index (χ1n) is 11.3. The van der Waals surface area contributed by atoms with Gasteiger partial charge in [0.2, 0.25) is 0 Å². The molecule has 1 aromatic heterocycles. The highest BCUT2D eigenvalue weighted by Crippen LogP contribution is 2.25. The van der Waals surface area contributed by atoms with Gasteiger partial charge in [-0.05, 0) is 18.6 Å². The highest BCUT2D eigenvalue weighted by Gasteiger charge is 2.28. The zero-order chi connectivity index (χ0) is 24.0. The smallest absolute Gasteiger partial charge is 0.372 e. The fourth-order valence-electron chi connectivity index (χ4n) is 3.98. The van der Waals surface area contributed by atoms with E-state index in [4.69, 9.17) is 5.10 Å². The van der Waals surface area contributed by atoms with Gasteiger partial charge in [-0.15, -0.1) is 0 Å². The minimum Gasteiger partial charge on any atom is -0.372 e. The Balaban J connectivity index is 1.40. The molecule has 34 heavy (non-hydrogen) atoms. The van der Waals surface area contributed by atoms with Gasteiger partial charge in [0.15, 0.2) is 0 Å². The van der Waals surface area contributed by atoms with Gasteiger partial charge in [-0.3, -0.25) is 9.69 Å². The standard InChI is InChI=1S/C25H27F3N4O2/c26-25(27,28)19-34-17-7-12-30-13-15-31(16-14-30)24(33)22-18-32(21-10-5-2-6-11-21)29-23(22)20-8-3-1-4-9-20/h1-6,8-11,18H,7,12-17,19H2. The molecule has 6 nitrogen and oxygen atoms in total. The van der Waals surface area contributed by atoms with E-state index in [0.29, 0.717) is 50.4 Å². The van der Waals surface area contributed by atoms with Crippen LogP contribution in [0.3, 0.4) is 0 Å². The molecule has 0 radical (unpaired) electrons. The molecule has 0 N–H and O–H groups in total. The molecule has 180 valence electrons. The quantitative estimate of drug-likeness (QED) is 0.460. The van der Waals surface area contributed by atoms with Crippen molar-refractivity contribution >= 4 is 5.91 Å². The average Bonchev–Trinajstić information content (AvgIpc) is 3.30. The SMILES string of the molecule is O=C(c1cn(-c2ccccc2)nc1-c1ccccc1)N1CCN(CCCOCC(F)(F)F)CC1. The Bertz CT molecular complexity index is 1060. The van der Waals surface area contributed by atoms with Crippen molar-refractivity contribution in [2.24, 2.45) is 0 Å². The van der Waals surface area contributed by atoms with Crippen molar-refractivity contribution in [1.82, 2.24) is 19.6 Å². The van der Waals surface area contributed by atoms with E-state index >= 15 is 0 Å². The Kier molecular flexibility index (Phi) is 7.64. The van der Waals surface area contributed by atoms with Gasteiger partial charge in [0.1, 0.15) is 12.3 Å². The lowest BCUT2D eigenvalue weighted by Gasteiger charge is -2.34. The van der Waals surface area contributed by atoms with Crippen LogP contribution >= 0.6 is 0 Å². The molecule has 0 bridgehead atoms. The van der Waals surface area contributed by atoms with Gasteiger partial charge < -0.3 is 9.64 Å². The van der Waals surface area contributed by atoms with Gasteiger partial charge in [0.05, 0.1) is 11.3 Å². The van der Waals surface area contributed by atoms with Crippen LogP contribution in [-0.4, -0.2) is 77.6 Å². The summed E-state index contributed by atoms with van der Waals surface area (Å²) in [6.45, 7) is 1.92. The monoisotopic (exact) mass is 472 g/mol. The first-order chi connectivity index (χ1) is 16.4. The number of benzene rings is 2. The molecular formula is C25H27F3N4O2. The molecule has 0 spiro atoms. The summed E-state index contributed by atoms with van der Waals surface area (Å²) >= 11 is 0. The maximum atomic E-state index is 13.5. The fraction of sp³-hybridized carbons (Fsp3) is 0.360. The Labute approximate surface area is 196 Å². The van der Waals surface area contributed by atoms with Crippen LogP contribution in [0.15, 0.2) is 66.9 Å². The highest BCUT2D eigenvalue weighted by atomic mass is 19.4. The number of amides is 1. The van der Waals surface area contributed by atoms with Gasteiger partial charge in [0.25, 0.3) is 5.91 Å². The molecule has 0 aliphatic carbocycles. The second kappa shape index (κ2) is 10.8. The van der Waals surface area contributed by atoms with Crippen LogP contribution in [0.4, 0.5) is 13.2 Å². The van der Waals surface area contributed by atoms with Crippen molar-refractivity contribution in [2.45, 2.75) is 12.6 Å². The van der Waals surface area contributed by atoms with E-state index in [0.717, 1.165) is 11.3 Å². The van der Waals surface area contributed by atoms with E-state index < -0.39 is 12.8 Å². The van der Waals surface area contributed by atoms with E-state index in [-0.39, 0.29) is 12.5 Å². The minimum atomic E-state index is -4.29. The molecule has 2 aromatic carbocycles. The Morgan fingerprint density at radius 2 is 1.59 bits per heavy atom. The number of hydrogen-bond donors (Lipinski definition) is 0. The van der Waals surface area contributed by atoms with Gasteiger partial charge >= 0.3 is 6.18 Å².